The van der Waals surface area contributed by atoms with Crippen LogP contribution in [0.5, 0.6) is 5.75 Å². The van der Waals surface area contributed by atoms with Gasteiger partial charge in [-0.25, -0.2) is 26.9 Å². The van der Waals surface area contributed by atoms with Crippen molar-refractivity contribution in [3.05, 3.63) is 65.8 Å². The van der Waals surface area contributed by atoms with E-state index >= 15 is 0 Å². The first-order valence-electron chi connectivity index (χ1n) is 5.68. The summed E-state index contributed by atoms with van der Waals surface area (Å²) in [6.07, 6.45) is 0.820. The molecule has 0 aliphatic heterocycles. The van der Waals surface area contributed by atoms with Crippen molar-refractivity contribution in [2.24, 2.45) is 4.99 Å². The summed E-state index contributed by atoms with van der Waals surface area (Å²) >= 11 is 0. The maximum atomic E-state index is 13.4. The number of hydrogen-bond donors (Lipinski definition) is 1. The number of phenolic OH excluding ortho intramolecular Hbond substituents is 1. The summed E-state index contributed by atoms with van der Waals surface area (Å²) in [5, 5.41) is 9.68. The first kappa shape index (κ1) is 21.3. The Balaban J connectivity index is 0.00000242. The molecule has 2 nitrogen and oxygen atoms in total. The summed E-state index contributed by atoms with van der Waals surface area (Å²) in [6.45, 7) is 1.57. The maximum Gasteiger partial charge on any atom is 0.200 e. The van der Waals surface area contributed by atoms with Crippen LogP contribution in [0.4, 0.5) is 27.6 Å². The second kappa shape index (κ2) is 8.22. The molecule has 0 radical (unpaired) electrons. The number of nitrogens with zero attached hydrogens (tertiary/aromatic N) is 1. The van der Waals surface area contributed by atoms with E-state index in [4.69, 9.17) is 0 Å². The standard InChI is InChI=1S/C14H8F5NO.CH3.Ti/c1-6-3-2-4-7(14(6)21)5-20-13-11(18)9(16)8(15)10(17)12(13)19;;/h2-5,21H,1H3;1H3;/q;-1;. The van der Waals surface area contributed by atoms with Gasteiger partial charge >= 0.3 is 0 Å². The van der Waals surface area contributed by atoms with E-state index in [2.05, 4.69) is 4.99 Å². The molecule has 0 heterocycles. The van der Waals surface area contributed by atoms with Crippen molar-refractivity contribution < 1.29 is 48.8 Å². The van der Waals surface area contributed by atoms with Gasteiger partial charge in [-0.1, -0.05) is 12.1 Å². The van der Waals surface area contributed by atoms with Gasteiger partial charge in [0.2, 0.25) is 5.82 Å². The molecule has 2 aromatic carbocycles. The molecule has 0 saturated heterocycles. The van der Waals surface area contributed by atoms with Gasteiger partial charge in [0, 0.05) is 33.5 Å². The number of benzene rings is 2. The summed E-state index contributed by atoms with van der Waals surface area (Å²) in [7, 11) is 0. The van der Waals surface area contributed by atoms with Crippen LogP contribution in [0.15, 0.2) is 23.2 Å². The zero-order valence-electron chi connectivity index (χ0n) is 12.1. The fraction of sp³-hybridized carbons (Fsp3) is 0.0667. The van der Waals surface area contributed by atoms with Crippen LogP contribution in [-0.2, 0) is 21.7 Å². The van der Waals surface area contributed by atoms with Crippen LogP contribution in [0.1, 0.15) is 11.1 Å². The molecule has 0 atom stereocenters. The monoisotopic (exact) mass is 364 g/mol. The third-order valence-corrected chi connectivity index (χ3v) is 2.79. The second-order valence-electron chi connectivity index (χ2n) is 4.19. The Bertz CT molecular complexity index is 720. The van der Waals surface area contributed by atoms with E-state index in [1.807, 2.05) is 0 Å². The largest absolute Gasteiger partial charge is 0.507 e. The van der Waals surface area contributed by atoms with Crippen molar-refractivity contribution >= 4 is 11.9 Å². The second-order valence-corrected chi connectivity index (χ2v) is 4.19. The molecule has 8 heteroatoms. The zero-order chi connectivity index (χ0) is 15.7. The summed E-state index contributed by atoms with van der Waals surface area (Å²) in [5.41, 5.74) is -0.761. The van der Waals surface area contributed by atoms with Crippen molar-refractivity contribution in [2.45, 2.75) is 6.92 Å². The molecule has 0 unspecified atom stereocenters. The van der Waals surface area contributed by atoms with Gasteiger partial charge in [-0.15, -0.1) is 0 Å². The molecular formula is C15H11F5NOTi-. The number of para-hydroxylation sites is 1. The minimum Gasteiger partial charge on any atom is -0.507 e. The van der Waals surface area contributed by atoms with Crippen molar-refractivity contribution in [3.8, 4) is 5.75 Å². The van der Waals surface area contributed by atoms with E-state index in [9.17, 15) is 27.1 Å². The van der Waals surface area contributed by atoms with Gasteiger partial charge in [-0.2, -0.15) is 0 Å². The predicted molar refractivity (Wildman–Crippen MR) is 72.7 cm³/mol. The van der Waals surface area contributed by atoms with Crippen molar-refractivity contribution in [3.63, 3.8) is 0 Å². The molecule has 0 aliphatic rings. The van der Waals surface area contributed by atoms with E-state index < -0.39 is 34.8 Å². The molecule has 23 heavy (non-hydrogen) atoms. The normalized spacial score (nSPS) is 10.3. The van der Waals surface area contributed by atoms with Gasteiger partial charge in [-0.05, 0) is 18.6 Å². The maximum absolute atomic E-state index is 13.4. The van der Waals surface area contributed by atoms with Gasteiger partial charge in [0.15, 0.2) is 23.3 Å². The molecule has 0 fully saturated rings. The predicted octanol–water partition coefficient (Wildman–Crippen LogP) is 4.59. The third kappa shape index (κ3) is 3.97. The van der Waals surface area contributed by atoms with Gasteiger partial charge in [0.05, 0.1) is 0 Å². The first-order chi connectivity index (χ1) is 9.84. The van der Waals surface area contributed by atoms with Gasteiger partial charge in [0.1, 0.15) is 11.4 Å². The fourth-order valence-electron chi connectivity index (χ4n) is 1.63. The van der Waals surface area contributed by atoms with E-state index in [1.165, 1.54) is 12.1 Å². The van der Waals surface area contributed by atoms with Crippen LogP contribution >= 0.6 is 0 Å². The summed E-state index contributed by atoms with van der Waals surface area (Å²) < 4.78 is 65.6. The molecule has 0 spiro atoms. The van der Waals surface area contributed by atoms with Crippen molar-refractivity contribution in [1.82, 2.24) is 0 Å². The molecule has 1 N–H and O–H groups in total. The van der Waals surface area contributed by atoms with Crippen LogP contribution in [0, 0.1) is 43.4 Å². The molecule has 0 amide bonds. The summed E-state index contributed by atoms with van der Waals surface area (Å²) in [5.74, 6) is -10.7. The van der Waals surface area contributed by atoms with Crippen molar-refractivity contribution in [1.29, 1.82) is 0 Å². The quantitative estimate of drug-likeness (QED) is 0.207. The molecule has 0 aromatic heterocycles. The Labute approximate surface area is 144 Å². The topological polar surface area (TPSA) is 32.6 Å². The minimum absolute atomic E-state index is 0. The minimum atomic E-state index is -2.25. The van der Waals surface area contributed by atoms with E-state index in [-0.39, 0.29) is 40.5 Å². The molecule has 122 valence electrons. The fourth-order valence-corrected chi connectivity index (χ4v) is 1.63. The number of aromatic hydroxyl groups is 1. The van der Waals surface area contributed by atoms with Gasteiger partial charge in [0.25, 0.3) is 0 Å². The third-order valence-electron chi connectivity index (χ3n) is 2.79. The molecule has 0 saturated carbocycles. The van der Waals surface area contributed by atoms with Crippen LogP contribution in [0.2, 0.25) is 0 Å². The van der Waals surface area contributed by atoms with E-state index in [1.54, 1.807) is 13.0 Å². The van der Waals surface area contributed by atoms with E-state index in [0.717, 1.165) is 6.21 Å². The van der Waals surface area contributed by atoms with E-state index in [0.29, 0.717) is 5.56 Å². The number of hydrogen-bond acceptors (Lipinski definition) is 2. The molecule has 2 aromatic rings. The molecule has 0 bridgehead atoms. The Morgan fingerprint density at radius 3 is 1.91 bits per heavy atom. The number of aryl methyl sites for hydroxylation is 1. The van der Waals surface area contributed by atoms with Crippen LogP contribution in [0.3, 0.4) is 0 Å². The zero-order valence-corrected chi connectivity index (χ0v) is 13.7. The Morgan fingerprint density at radius 2 is 1.39 bits per heavy atom. The van der Waals surface area contributed by atoms with Crippen LogP contribution in [-0.4, -0.2) is 11.3 Å². The molecular weight excluding hydrogens is 353 g/mol. The SMILES string of the molecule is Cc1cccc(C=Nc2c(F)c(F)c(F)c(F)c2F)c1O.[CH3-].[Ti]. The van der Waals surface area contributed by atoms with Crippen LogP contribution < -0.4 is 0 Å². The first-order valence-corrected chi connectivity index (χ1v) is 5.68. The summed E-state index contributed by atoms with van der Waals surface area (Å²) in [6, 6.07) is 4.48. The Kier molecular flexibility index (Phi) is 7.60. The Morgan fingerprint density at radius 1 is 0.913 bits per heavy atom. The van der Waals surface area contributed by atoms with Crippen LogP contribution in [0.25, 0.3) is 0 Å². The Hall–Kier alpha value is -1.73. The van der Waals surface area contributed by atoms with Gasteiger partial charge in [-0.3, -0.25) is 0 Å². The number of rotatable bonds is 2. The number of aliphatic imine (C=N–C) groups is 1. The van der Waals surface area contributed by atoms with Crippen molar-refractivity contribution in [2.75, 3.05) is 0 Å². The average Bonchev–Trinajstić information content (AvgIpc) is 2.47. The molecule has 0 aliphatic carbocycles. The number of halogens is 5. The average molecular weight is 364 g/mol. The smallest absolute Gasteiger partial charge is 0.200 e. The number of phenols is 1. The van der Waals surface area contributed by atoms with Gasteiger partial charge < -0.3 is 12.5 Å². The molecule has 2 rings (SSSR count). The summed E-state index contributed by atoms with van der Waals surface area (Å²) in [4.78, 5) is 3.26.